The molecule has 4 nitrogen and oxygen atoms in total. The molecule has 21 heavy (non-hydrogen) atoms. The van der Waals surface area contributed by atoms with Crippen LogP contribution in [0.3, 0.4) is 0 Å². The molecule has 1 atom stereocenters. The number of hydrogen-bond acceptors (Lipinski definition) is 3. The Morgan fingerprint density at radius 2 is 1.67 bits per heavy atom. The molecule has 2 amide bonds. The predicted octanol–water partition coefficient (Wildman–Crippen LogP) is 2.52. The third-order valence-corrected chi connectivity index (χ3v) is 3.72. The molecule has 1 saturated heterocycles. The predicted molar refractivity (Wildman–Crippen MR) is 81.7 cm³/mol. The summed E-state index contributed by atoms with van der Waals surface area (Å²) in [7, 11) is 1.52. The number of rotatable bonds is 3. The smallest absolute Gasteiger partial charge is 0.251 e. The number of likely N-dealkylation sites (N-methyl/N-ethyl adjacent to an activating group) is 1. The van der Waals surface area contributed by atoms with Crippen molar-refractivity contribution in [2.45, 2.75) is 12.5 Å². The number of carbonyl (C=O) groups excluding carboxylic acids is 2. The van der Waals surface area contributed by atoms with Gasteiger partial charge in [0.2, 0.25) is 5.91 Å². The van der Waals surface area contributed by atoms with E-state index in [0.717, 1.165) is 16.8 Å². The van der Waals surface area contributed by atoms with Crippen LogP contribution in [-0.2, 0) is 9.59 Å². The van der Waals surface area contributed by atoms with Crippen LogP contribution in [0.2, 0.25) is 0 Å². The highest BCUT2D eigenvalue weighted by Crippen LogP contribution is 2.29. The Balaban J connectivity index is 1.91. The van der Waals surface area contributed by atoms with Crippen molar-refractivity contribution in [1.29, 1.82) is 0 Å². The second-order valence-electron chi connectivity index (χ2n) is 5.10. The van der Waals surface area contributed by atoms with E-state index in [4.69, 9.17) is 0 Å². The number of imide groups is 1. The number of carbonyl (C=O) groups is 2. The van der Waals surface area contributed by atoms with E-state index < -0.39 is 6.04 Å². The summed E-state index contributed by atoms with van der Waals surface area (Å²) < 4.78 is 0. The van der Waals surface area contributed by atoms with Crippen LogP contribution < -0.4 is 5.32 Å². The van der Waals surface area contributed by atoms with Gasteiger partial charge in [-0.15, -0.1) is 0 Å². The lowest BCUT2D eigenvalue weighted by molar-refractivity contribution is -0.136. The third-order valence-electron chi connectivity index (χ3n) is 3.72. The second kappa shape index (κ2) is 5.40. The van der Waals surface area contributed by atoms with Gasteiger partial charge in [0.25, 0.3) is 5.91 Å². The van der Waals surface area contributed by atoms with E-state index in [1.54, 1.807) is 0 Å². The zero-order valence-electron chi connectivity index (χ0n) is 11.7. The van der Waals surface area contributed by atoms with E-state index in [1.807, 2.05) is 54.6 Å². The Morgan fingerprint density at radius 3 is 2.33 bits per heavy atom. The standard InChI is InChI=1S/C17H16N2O2/c1-19-16(20)11-15(17(19)21)18-14-10-6-5-9-13(14)12-7-3-2-4-8-12/h2-10,15,18H,11H2,1H3. The van der Waals surface area contributed by atoms with E-state index in [1.165, 1.54) is 11.9 Å². The number of nitrogens with one attached hydrogen (secondary N) is 1. The van der Waals surface area contributed by atoms with Crippen molar-refractivity contribution in [3.8, 4) is 11.1 Å². The minimum absolute atomic E-state index is 0.144. The van der Waals surface area contributed by atoms with E-state index >= 15 is 0 Å². The van der Waals surface area contributed by atoms with Crippen molar-refractivity contribution in [2.24, 2.45) is 0 Å². The Bertz CT molecular complexity index is 682. The normalized spacial score (nSPS) is 18.1. The molecule has 0 aliphatic carbocycles. The zero-order chi connectivity index (χ0) is 14.8. The molecule has 1 N–H and O–H groups in total. The number of amides is 2. The molecule has 1 fully saturated rings. The average Bonchev–Trinajstić information content (AvgIpc) is 2.76. The Hall–Kier alpha value is -2.62. The van der Waals surface area contributed by atoms with Gasteiger partial charge in [-0.25, -0.2) is 0 Å². The van der Waals surface area contributed by atoms with Crippen LogP contribution in [0, 0.1) is 0 Å². The van der Waals surface area contributed by atoms with Crippen LogP contribution in [-0.4, -0.2) is 29.8 Å². The first-order valence-electron chi connectivity index (χ1n) is 6.88. The van der Waals surface area contributed by atoms with Crippen molar-refractivity contribution in [3.05, 3.63) is 54.6 Å². The minimum Gasteiger partial charge on any atom is -0.373 e. The summed E-state index contributed by atoms with van der Waals surface area (Å²) in [6.07, 6.45) is 0.207. The molecule has 106 valence electrons. The molecule has 1 unspecified atom stereocenters. The van der Waals surface area contributed by atoms with Crippen LogP contribution in [0.25, 0.3) is 11.1 Å². The van der Waals surface area contributed by atoms with Gasteiger partial charge in [0.15, 0.2) is 0 Å². The average molecular weight is 280 g/mol. The van der Waals surface area contributed by atoms with Gasteiger partial charge in [-0.05, 0) is 11.6 Å². The molecule has 0 spiro atoms. The van der Waals surface area contributed by atoms with Gasteiger partial charge in [0, 0.05) is 18.3 Å². The first-order valence-corrected chi connectivity index (χ1v) is 6.88. The monoisotopic (exact) mass is 280 g/mol. The molecular formula is C17H16N2O2. The zero-order valence-corrected chi connectivity index (χ0v) is 11.7. The molecule has 1 heterocycles. The van der Waals surface area contributed by atoms with Crippen molar-refractivity contribution in [3.63, 3.8) is 0 Å². The number of nitrogens with zero attached hydrogens (tertiary/aromatic N) is 1. The highest BCUT2D eigenvalue weighted by atomic mass is 16.2. The van der Waals surface area contributed by atoms with Gasteiger partial charge in [0.05, 0.1) is 6.42 Å². The topological polar surface area (TPSA) is 49.4 Å². The maximum absolute atomic E-state index is 12.0. The van der Waals surface area contributed by atoms with Gasteiger partial charge in [0.1, 0.15) is 6.04 Å². The molecule has 1 aliphatic rings. The molecule has 2 aromatic rings. The van der Waals surface area contributed by atoms with E-state index in [0.29, 0.717) is 0 Å². The first-order chi connectivity index (χ1) is 10.2. The Labute approximate surface area is 123 Å². The molecular weight excluding hydrogens is 264 g/mol. The fourth-order valence-corrected chi connectivity index (χ4v) is 2.53. The van der Waals surface area contributed by atoms with E-state index in [2.05, 4.69) is 5.32 Å². The summed E-state index contributed by atoms with van der Waals surface area (Å²) in [6, 6.07) is 17.3. The summed E-state index contributed by atoms with van der Waals surface area (Å²) in [5, 5.41) is 3.21. The lowest BCUT2D eigenvalue weighted by Gasteiger charge is -2.16. The lowest BCUT2D eigenvalue weighted by Crippen LogP contribution is -2.31. The van der Waals surface area contributed by atoms with E-state index in [-0.39, 0.29) is 18.2 Å². The fraction of sp³-hybridized carbons (Fsp3) is 0.176. The van der Waals surface area contributed by atoms with Gasteiger partial charge >= 0.3 is 0 Å². The summed E-state index contributed by atoms with van der Waals surface area (Å²) >= 11 is 0. The van der Waals surface area contributed by atoms with Crippen molar-refractivity contribution in [1.82, 2.24) is 4.90 Å². The number of anilines is 1. The molecule has 3 rings (SSSR count). The SMILES string of the molecule is CN1C(=O)CC(Nc2ccccc2-c2ccccc2)C1=O. The van der Waals surface area contributed by atoms with Crippen LogP contribution >= 0.6 is 0 Å². The van der Waals surface area contributed by atoms with Gasteiger partial charge in [-0.2, -0.15) is 0 Å². The highest BCUT2D eigenvalue weighted by molar-refractivity contribution is 6.06. The first kappa shape index (κ1) is 13.4. The summed E-state index contributed by atoms with van der Waals surface area (Å²) in [5.74, 6) is -0.322. The Kier molecular flexibility index (Phi) is 3.44. The number of likely N-dealkylation sites (tertiary alicyclic amines) is 1. The van der Waals surface area contributed by atoms with Crippen molar-refractivity contribution < 1.29 is 9.59 Å². The molecule has 0 saturated carbocycles. The van der Waals surface area contributed by atoms with Gasteiger partial charge in [-0.1, -0.05) is 48.5 Å². The number of benzene rings is 2. The lowest BCUT2D eigenvalue weighted by atomic mass is 10.0. The van der Waals surface area contributed by atoms with Crippen LogP contribution in [0.4, 0.5) is 5.69 Å². The van der Waals surface area contributed by atoms with Crippen LogP contribution in [0.5, 0.6) is 0 Å². The highest BCUT2D eigenvalue weighted by Gasteiger charge is 2.36. The fourth-order valence-electron chi connectivity index (χ4n) is 2.53. The number of hydrogen-bond donors (Lipinski definition) is 1. The van der Waals surface area contributed by atoms with Gasteiger partial charge in [-0.3, -0.25) is 14.5 Å². The molecule has 4 heteroatoms. The van der Waals surface area contributed by atoms with Gasteiger partial charge < -0.3 is 5.32 Å². The third kappa shape index (κ3) is 2.52. The summed E-state index contributed by atoms with van der Waals surface area (Å²) in [5.41, 5.74) is 2.96. The quantitative estimate of drug-likeness (QED) is 0.879. The largest absolute Gasteiger partial charge is 0.373 e. The molecule has 0 aromatic heterocycles. The summed E-state index contributed by atoms with van der Waals surface area (Å²) in [4.78, 5) is 24.8. The molecule has 2 aromatic carbocycles. The summed E-state index contributed by atoms with van der Waals surface area (Å²) in [6.45, 7) is 0. The molecule has 0 bridgehead atoms. The van der Waals surface area contributed by atoms with Crippen molar-refractivity contribution in [2.75, 3.05) is 12.4 Å². The number of para-hydroxylation sites is 1. The minimum atomic E-state index is -0.479. The van der Waals surface area contributed by atoms with Crippen molar-refractivity contribution >= 4 is 17.5 Å². The Morgan fingerprint density at radius 1 is 1.00 bits per heavy atom. The van der Waals surface area contributed by atoms with Crippen LogP contribution in [0.15, 0.2) is 54.6 Å². The van der Waals surface area contributed by atoms with Crippen LogP contribution in [0.1, 0.15) is 6.42 Å². The maximum atomic E-state index is 12.0. The van der Waals surface area contributed by atoms with E-state index in [9.17, 15) is 9.59 Å². The molecule has 1 aliphatic heterocycles. The second-order valence-corrected chi connectivity index (χ2v) is 5.10. The molecule has 0 radical (unpaired) electrons. The maximum Gasteiger partial charge on any atom is 0.251 e.